The number of hydrogen-bond donors (Lipinski definition) is 1. The van der Waals surface area contributed by atoms with E-state index in [9.17, 15) is 19.5 Å². The van der Waals surface area contributed by atoms with Crippen LogP contribution >= 0.6 is 0 Å². The molecular formula is C90H154NO8+. The first-order valence-corrected chi connectivity index (χ1v) is 41.0. The highest BCUT2D eigenvalue weighted by Crippen LogP contribution is 2.18. The van der Waals surface area contributed by atoms with Crippen molar-refractivity contribution in [2.45, 2.75) is 360 Å². The number of aliphatic carboxylic acids is 1. The maximum absolute atomic E-state index is 13.0. The van der Waals surface area contributed by atoms with Crippen molar-refractivity contribution in [1.82, 2.24) is 0 Å². The van der Waals surface area contributed by atoms with E-state index in [-0.39, 0.29) is 38.6 Å². The van der Waals surface area contributed by atoms with Gasteiger partial charge in [-0.15, -0.1) is 0 Å². The first-order chi connectivity index (χ1) is 48.6. The second-order valence-corrected chi connectivity index (χ2v) is 28.3. The van der Waals surface area contributed by atoms with Crippen LogP contribution in [-0.2, 0) is 33.3 Å². The van der Waals surface area contributed by atoms with Crippen molar-refractivity contribution < 1.29 is 42.9 Å². The highest BCUT2D eigenvalue weighted by atomic mass is 16.7. The summed E-state index contributed by atoms with van der Waals surface area (Å²) in [6.45, 7) is 4.72. The number of rotatable bonds is 75. The van der Waals surface area contributed by atoms with Crippen LogP contribution in [0.3, 0.4) is 0 Å². The summed E-state index contributed by atoms with van der Waals surface area (Å²) in [6.07, 6.45) is 113. The van der Waals surface area contributed by atoms with Crippen LogP contribution in [0.25, 0.3) is 0 Å². The number of quaternary nitrogens is 1. The van der Waals surface area contributed by atoms with E-state index in [1.54, 1.807) is 0 Å². The Labute approximate surface area is 611 Å². The molecule has 0 rings (SSSR count). The molecule has 0 saturated heterocycles. The molecule has 0 aromatic rings. The summed E-state index contributed by atoms with van der Waals surface area (Å²) in [5.74, 6) is -2.06. The quantitative estimate of drug-likeness (QED) is 0.0211. The van der Waals surface area contributed by atoms with Gasteiger partial charge in [-0.25, -0.2) is 4.79 Å². The van der Waals surface area contributed by atoms with Gasteiger partial charge >= 0.3 is 17.9 Å². The maximum atomic E-state index is 13.0. The molecule has 1 N–H and O–H groups in total. The molecule has 99 heavy (non-hydrogen) atoms. The molecule has 2 unspecified atom stereocenters. The molecule has 0 radical (unpaired) electrons. The van der Waals surface area contributed by atoms with Crippen molar-refractivity contribution >= 4 is 17.9 Å². The SMILES string of the molecule is CC/C=C\C/C=C\C/C=C\C/C=C\C/C=C\C/C=C\C/C=C\C/C=C\C/C=C\C/C=C\CCCCC(=O)OC(COC(=O)CCCCCCCCCCCCCCCCCCCCCCCCCCCCCCC/C=C\C/C=C\CCCCCCC)COC(OCC[N+](C)(C)C)C(=O)O. The Kier molecular flexibility index (Phi) is 75.0. The van der Waals surface area contributed by atoms with Gasteiger partial charge in [0.05, 0.1) is 34.4 Å². The Bertz CT molecular complexity index is 2150. The number of likely N-dealkylation sites (N-methyl/N-ethyl adjacent to an activating group) is 1. The lowest BCUT2D eigenvalue weighted by Gasteiger charge is -2.25. The fraction of sp³-hybridized carbons (Fsp3) is 0.700. The molecule has 9 heteroatoms. The zero-order valence-electron chi connectivity index (χ0n) is 64.9. The third-order valence-corrected chi connectivity index (χ3v) is 17.6. The van der Waals surface area contributed by atoms with E-state index in [1.165, 1.54) is 212 Å². The highest BCUT2D eigenvalue weighted by molar-refractivity contribution is 5.71. The summed E-state index contributed by atoms with van der Waals surface area (Å²) in [7, 11) is 5.96. The number of allylic oxidation sites excluding steroid dienone is 24. The highest BCUT2D eigenvalue weighted by Gasteiger charge is 2.25. The lowest BCUT2D eigenvalue weighted by Crippen LogP contribution is -2.40. The zero-order chi connectivity index (χ0) is 71.8. The van der Waals surface area contributed by atoms with Crippen molar-refractivity contribution in [3.63, 3.8) is 0 Å². The third-order valence-electron chi connectivity index (χ3n) is 17.6. The van der Waals surface area contributed by atoms with E-state index in [0.29, 0.717) is 17.4 Å². The largest absolute Gasteiger partial charge is 0.477 e. The van der Waals surface area contributed by atoms with Gasteiger partial charge in [-0.3, -0.25) is 9.59 Å². The number of carbonyl (C=O) groups is 3. The van der Waals surface area contributed by atoms with Gasteiger partial charge in [0.1, 0.15) is 13.2 Å². The van der Waals surface area contributed by atoms with Crippen molar-refractivity contribution in [1.29, 1.82) is 0 Å². The summed E-state index contributed by atoms with van der Waals surface area (Å²) in [4.78, 5) is 37.7. The average Bonchev–Trinajstić information content (AvgIpc) is 1.57. The molecule has 0 heterocycles. The van der Waals surface area contributed by atoms with Gasteiger partial charge in [0, 0.05) is 12.8 Å². The summed E-state index contributed by atoms with van der Waals surface area (Å²) in [5, 5.41) is 9.77. The molecule has 0 aromatic heterocycles. The third kappa shape index (κ3) is 80.4. The van der Waals surface area contributed by atoms with E-state index in [4.69, 9.17) is 18.9 Å². The van der Waals surface area contributed by atoms with E-state index in [0.717, 1.165) is 103 Å². The lowest BCUT2D eigenvalue weighted by molar-refractivity contribution is -0.870. The van der Waals surface area contributed by atoms with Gasteiger partial charge in [-0.05, 0) is 122 Å². The predicted octanol–water partition coefficient (Wildman–Crippen LogP) is 26.6. The fourth-order valence-corrected chi connectivity index (χ4v) is 11.4. The summed E-state index contributed by atoms with van der Waals surface area (Å²) in [5.41, 5.74) is 0. The number of nitrogens with zero attached hydrogens (tertiary/aromatic N) is 1. The second-order valence-electron chi connectivity index (χ2n) is 28.3. The molecule has 0 spiro atoms. The van der Waals surface area contributed by atoms with E-state index >= 15 is 0 Å². The topological polar surface area (TPSA) is 108 Å². The summed E-state index contributed by atoms with van der Waals surface area (Å²) >= 11 is 0. The van der Waals surface area contributed by atoms with Gasteiger partial charge in [0.25, 0.3) is 6.29 Å². The van der Waals surface area contributed by atoms with Crippen molar-refractivity contribution in [3.05, 3.63) is 146 Å². The first kappa shape index (κ1) is 94.2. The monoisotopic (exact) mass is 1380 g/mol. The number of esters is 2. The van der Waals surface area contributed by atoms with Gasteiger partial charge in [-0.1, -0.05) is 359 Å². The molecule has 0 aliphatic heterocycles. The van der Waals surface area contributed by atoms with Crippen LogP contribution in [0.1, 0.15) is 348 Å². The van der Waals surface area contributed by atoms with Crippen molar-refractivity contribution in [2.24, 2.45) is 0 Å². The van der Waals surface area contributed by atoms with Crippen molar-refractivity contribution in [2.75, 3.05) is 47.5 Å². The number of unbranched alkanes of at least 4 members (excludes halogenated alkanes) is 36. The average molecular weight is 1380 g/mol. The lowest BCUT2D eigenvalue weighted by atomic mass is 10.0. The molecule has 0 aliphatic carbocycles. The Morgan fingerprint density at radius 1 is 0.313 bits per heavy atom. The van der Waals surface area contributed by atoms with E-state index in [2.05, 4.69) is 160 Å². The van der Waals surface area contributed by atoms with Crippen LogP contribution < -0.4 is 0 Å². The number of carbonyl (C=O) groups excluding carboxylic acids is 2. The Morgan fingerprint density at radius 2 is 0.576 bits per heavy atom. The summed E-state index contributed by atoms with van der Waals surface area (Å²) in [6, 6.07) is 0. The number of carboxylic acid groups (broad SMARTS) is 1. The minimum Gasteiger partial charge on any atom is -0.477 e. The van der Waals surface area contributed by atoms with Crippen LogP contribution in [0.5, 0.6) is 0 Å². The number of carboxylic acids is 1. The Hall–Kier alpha value is -4.83. The van der Waals surface area contributed by atoms with Crippen LogP contribution in [-0.4, -0.2) is 87.4 Å². The first-order valence-electron chi connectivity index (χ1n) is 41.0. The van der Waals surface area contributed by atoms with Gasteiger partial charge in [0.15, 0.2) is 6.10 Å². The molecule has 0 aliphatic rings. The standard InChI is InChI=1S/C90H153NO8/c1-6-8-10-12-14-16-18-20-22-24-26-28-30-32-34-36-38-40-41-42-43-44-45-46-47-49-50-52-54-56-58-60-62-64-66-68-70-72-74-76-78-80-87(92)97-84-86(85-98-90(89(94)95)96-83-82-91(3,4)5)99-88(93)81-79-77-75-73-71-69-67-65-63-61-59-57-55-53-51-48-39-37-35-33-31-29-27-25-23-21-19-17-15-13-11-9-7-2/h9,11,15,17-18,20-21,23-24,26-27,29,33,35,39,48,53,55,59,61,65,67,71,73,86,90H,6-8,10,12-14,16,19,22,25,28,30-32,34,36-38,40-47,49-52,54,56-58,60,62-64,66,68-70,72,74-85H2,1-5H3/p+1/b11-9-,17-15-,20-18-,23-21-,26-24-,29-27-,35-33-,48-39-,55-53-,61-59-,67-65-,73-71-. The predicted molar refractivity (Wildman–Crippen MR) is 428 cm³/mol. The Balaban J connectivity index is 4.07. The minimum absolute atomic E-state index is 0.173. The molecule has 0 aromatic carbocycles. The number of ether oxygens (including phenoxy) is 4. The molecule has 566 valence electrons. The van der Waals surface area contributed by atoms with Crippen LogP contribution in [0.15, 0.2) is 146 Å². The van der Waals surface area contributed by atoms with E-state index < -0.39 is 24.3 Å². The minimum atomic E-state index is -1.53. The second kappa shape index (κ2) is 78.9. The number of hydrogen-bond acceptors (Lipinski definition) is 7. The van der Waals surface area contributed by atoms with Crippen LogP contribution in [0.2, 0.25) is 0 Å². The molecule has 0 amide bonds. The molecule has 0 fully saturated rings. The van der Waals surface area contributed by atoms with Gasteiger partial charge in [-0.2, -0.15) is 0 Å². The smallest absolute Gasteiger partial charge is 0.361 e. The van der Waals surface area contributed by atoms with Crippen molar-refractivity contribution in [3.8, 4) is 0 Å². The Morgan fingerprint density at radius 3 is 0.879 bits per heavy atom. The maximum Gasteiger partial charge on any atom is 0.361 e. The summed E-state index contributed by atoms with van der Waals surface area (Å²) < 4.78 is 23.0. The fourth-order valence-electron chi connectivity index (χ4n) is 11.4. The molecule has 0 saturated carbocycles. The molecule has 0 bridgehead atoms. The van der Waals surface area contributed by atoms with E-state index in [1.807, 2.05) is 21.1 Å². The van der Waals surface area contributed by atoms with Gasteiger partial charge < -0.3 is 28.5 Å². The van der Waals surface area contributed by atoms with Crippen LogP contribution in [0.4, 0.5) is 0 Å². The molecule has 9 nitrogen and oxygen atoms in total. The molecular weight excluding hydrogens is 1220 g/mol. The molecule has 2 atom stereocenters. The van der Waals surface area contributed by atoms with Gasteiger partial charge in [0.2, 0.25) is 0 Å². The normalized spacial score (nSPS) is 13.4. The zero-order valence-corrected chi connectivity index (χ0v) is 64.9. The van der Waals surface area contributed by atoms with Crippen LogP contribution in [0, 0.1) is 0 Å².